The number of hydrogen-bond donors (Lipinski definition) is 0. The summed E-state index contributed by atoms with van der Waals surface area (Å²) in [4.78, 5) is 0. The Bertz CT molecular complexity index is 2920. The average Bonchev–Trinajstić information content (AvgIpc) is 3.70. The van der Waals surface area contributed by atoms with E-state index in [0.717, 1.165) is 17.6 Å². The zero-order chi connectivity index (χ0) is 31.3. The van der Waals surface area contributed by atoms with Gasteiger partial charge in [-0.1, -0.05) is 115 Å². The summed E-state index contributed by atoms with van der Waals surface area (Å²) in [5.74, 6) is 0.429. The molecule has 2 aliphatic rings. The molecule has 1 atom stereocenters. The summed E-state index contributed by atoms with van der Waals surface area (Å²) in [6.45, 7) is 0. The van der Waals surface area contributed by atoms with Crippen molar-refractivity contribution in [3.63, 3.8) is 0 Å². The van der Waals surface area contributed by atoms with E-state index >= 15 is 0 Å². The van der Waals surface area contributed by atoms with Gasteiger partial charge in [0.2, 0.25) is 0 Å². The monoisotopic (exact) mass is 628 g/mol. The molecule has 9 aromatic rings. The van der Waals surface area contributed by atoms with E-state index in [1.54, 1.807) is 0 Å². The fourth-order valence-corrected chi connectivity index (χ4v) is 9.53. The van der Waals surface area contributed by atoms with Gasteiger partial charge in [-0.15, -0.1) is 11.3 Å². The second kappa shape index (κ2) is 9.90. The topological polar surface area (TPSA) is 13.1 Å². The Balaban J connectivity index is 1.18. The quantitative estimate of drug-likeness (QED) is 0.174. The number of thiophene rings is 1. The smallest absolute Gasteiger partial charge is 0.136 e. The van der Waals surface area contributed by atoms with E-state index in [9.17, 15) is 0 Å². The van der Waals surface area contributed by atoms with E-state index in [2.05, 4.69) is 146 Å². The van der Waals surface area contributed by atoms with Crippen LogP contribution in [-0.2, 0) is 0 Å². The standard InChI is InChI=1S/C46H28OS/c1-2-10-28-23-30(18-17-27(28)9-1)44-32-11-3-5-13-34(32)45(35-14-6-4-12-33(35)44)31-20-22-42-38(24-31)39-26-37-29(25-43(39)48-42)19-21-41-46(37)36-15-7-8-16-40(36)47-41/h1-22,24-26,28H,23H2. The van der Waals surface area contributed by atoms with Crippen LogP contribution in [0.2, 0.25) is 0 Å². The van der Waals surface area contributed by atoms with Crippen LogP contribution < -0.4 is 0 Å². The van der Waals surface area contributed by atoms with Gasteiger partial charge in [-0.2, -0.15) is 0 Å². The minimum absolute atomic E-state index is 0.429. The molecule has 0 saturated carbocycles. The van der Waals surface area contributed by atoms with Crippen LogP contribution in [0.5, 0.6) is 0 Å². The van der Waals surface area contributed by atoms with Crippen LogP contribution in [0.15, 0.2) is 162 Å². The van der Waals surface area contributed by atoms with Gasteiger partial charge >= 0.3 is 0 Å². The number of furan rings is 1. The van der Waals surface area contributed by atoms with Crippen LogP contribution in [0.3, 0.4) is 0 Å². The normalized spacial score (nSPS) is 16.1. The molecular formula is C46H28OS. The van der Waals surface area contributed by atoms with Crippen molar-refractivity contribution in [1.29, 1.82) is 0 Å². The molecule has 0 spiro atoms. The van der Waals surface area contributed by atoms with Gasteiger partial charge in [0.25, 0.3) is 0 Å². The average molecular weight is 629 g/mol. The van der Waals surface area contributed by atoms with Crippen molar-refractivity contribution in [2.24, 2.45) is 5.92 Å². The van der Waals surface area contributed by atoms with Crippen molar-refractivity contribution in [3.8, 4) is 11.1 Å². The fourth-order valence-electron chi connectivity index (χ4n) is 8.41. The minimum Gasteiger partial charge on any atom is -0.456 e. The fraction of sp³-hybridized carbons (Fsp3) is 0.0435. The zero-order valence-corrected chi connectivity index (χ0v) is 26.9. The summed E-state index contributed by atoms with van der Waals surface area (Å²) >= 11 is 1.88. The molecule has 0 N–H and O–H groups in total. The number of fused-ring (bicyclic) bond motifs is 11. The number of benzene rings is 7. The first-order valence-corrected chi connectivity index (χ1v) is 17.5. The van der Waals surface area contributed by atoms with Gasteiger partial charge < -0.3 is 4.42 Å². The molecule has 0 amide bonds. The van der Waals surface area contributed by atoms with Gasteiger partial charge in [-0.05, 0) is 103 Å². The van der Waals surface area contributed by atoms with E-state index in [-0.39, 0.29) is 0 Å². The Hall–Kier alpha value is -5.70. The first-order valence-electron chi connectivity index (χ1n) is 16.7. The van der Waals surface area contributed by atoms with Crippen molar-refractivity contribution < 1.29 is 4.42 Å². The van der Waals surface area contributed by atoms with E-state index in [0.29, 0.717) is 5.92 Å². The van der Waals surface area contributed by atoms with Crippen LogP contribution in [0.4, 0.5) is 0 Å². The summed E-state index contributed by atoms with van der Waals surface area (Å²) in [6, 6.07) is 42.6. The summed E-state index contributed by atoms with van der Waals surface area (Å²) < 4.78 is 8.90. The molecule has 2 aliphatic carbocycles. The van der Waals surface area contributed by atoms with Crippen molar-refractivity contribution in [2.75, 3.05) is 0 Å². The van der Waals surface area contributed by atoms with Gasteiger partial charge in [0, 0.05) is 36.9 Å². The molecule has 2 heterocycles. The molecule has 0 bridgehead atoms. The summed E-state index contributed by atoms with van der Waals surface area (Å²) in [5.41, 5.74) is 8.62. The first kappa shape index (κ1) is 26.4. The maximum Gasteiger partial charge on any atom is 0.136 e. The molecule has 2 aromatic heterocycles. The number of rotatable bonds is 2. The second-order valence-electron chi connectivity index (χ2n) is 13.2. The maximum absolute atomic E-state index is 6.27. The number of hydrogen-bond acceptors (Lipinski definition) is 2. The molecule has 0 fully saturated rings. The molecule has 11 rings (SSSR count). The van der Waals surface area contributed by atoms with Crippen LogP contribution in [0.1, 0.15) is 12.0 Å². The van der Waals surface area contributed by atoms with E-state index < -0.39 is 0 Å². The Morgan fingerprint density at radius 1 is 0.542 bits per heavy atom. The van der Waals surface area contributed by atoms with Gasteiger partial charge in [0.1, 0.15) is 11.2 Å². The predicted octanol–water partition coefficient (Wildman–Crippen LogP) is 13.5. The van der Waals surface area contributed by atoms with E-state index in [1.807, 2.05) is 17.4 Å². The molecule has 224 valence electrons. The Labute approximate surface area is 281 Å². The predicted molar refractivity (Wildman–Crippen MR) is 207 cm³/mol. The highest BCUT2D eigenvalue weighted by atomic mass is 32.1. The van der Waals surface area contributed by atoms with E-state index in [1.165, 1.54) is 91.1 Å². The van der Waals surface area contributed by atoms with Gasteiger partial charge in [-0.25, -0.2) is 0 Å². The largest absolute Gasteiger partial charge is 0.456 e. The van der Waals surface area contributed by atoms with Crippen molar-refractivity contribution in [3.05, 3.63) is 163 Å². The third kappa shape index (κ3) is 3.72. The molecule has 1 nitrogen and oxygen atoms in total. The summed E-state index contributed by atoms with van der Waals surface area (Å²) in [6.07, 6.45) is 14.6. The van der Waals surface area contributed by atoms with Crippen LogP contribution in [0.25, 0.3) is 91.1 Å². The molecule has 1 unspecified atom stereocenters. The highest BCUT2D eigenvalue weighted by Crippen LogP contribution is 2.47. The maximum atomic E-state index is 6.27. The van der Waals surface area contributed by atoms with Crippen molar-refractivity contribution in [2.45, 2.75) is 6.42 Å². The van der Waals surface area contributed by atoms with Crippen molar-refractivity contribution in [1.82, 2.24) is 0 Å². The first-order chi connectivity index (χ1) is 23.8. The molecule has 2 heteroatoms. The van der Waals surface area contributed by atoms with Crippen LogP contribution in [0, 0.1) is 5.92 Å². The highest BCUT2D eigenvalue weighted by molar-refractivity contribution is 7.25. The highest BCUT2D eigenvalue weighted by Gasteiger charge is 2.23. The van der Waals surface area contributed by atoms with Crippen molar-refractivity contribution >= 4 is 91.3 Å². The summed E-state index contributed by atoms with van der Waals surface area (Å²) in [5, 5.41) is 12.7. The molecular weight excluding hydrogens is 601 g/mol. The Kier molecular flexibility index (Phi) is 5.44. The lowest BCUT2D eigenvalue weighted by atomic mass is 9.79. The van der Waals surface area contributed by atoms with Gasteiger partial charge in [-0.3, -0.25) is 0 Å². The molecule has 0 aliphatic heterocycles. The minimum atomic E-state index is 0.429. The lowest BCUT2D eigenvalue weighted by Crippen LogP contribution is -2.07. The Morgan fingerprint density at radius 3 is 2.08 bits per heavy atom. The number of para-hydroxylation sites is 1. The molecule has 0 saturated heterocycles. The van der Waals surface area contributed by atoms with Crippen LogP contribution in [-0.4, -0.2) is 0 Å². The third-order valence-electron chi connectivity index (χ3n) is 10.6. The Morgan fingerprint density at radius 2 is 1.27 bits per heavy atom. The number of allylic oxidation sites excluding steroid dienone is 8. The molecule has 7 aromatic carbocycles. The second-order valence-corrected chi connectivity index (χ2v) is 14.3. The SMILES string of the molecule is C1=CC2=CC=C(c3c4ccccc4c(-c4ccc5sc6cc7ccc8oc9ccccc9c8c7cc6c5c4)c4ccccc34)CC2C=C1. The molecule has 48 heavy (non-hydrogen) atoms. The van der Waals surface area contributed by atoms with Gasteiger partial charge in [0.05, 0.1) is 0 Å². The summed E-state index contributed by atoms with van der Waals surface area (Å²) in [7, 11) is 0. The van der Waals surface area contributed by atoms with Crippen LogP contribution >= 0.6 is 11.3 Å². The lowest BCUT2D eigenvalue weighted by Gasteiger charge is -2.25. The third-order valence-corrected chi connectivity index (χ3v) is 11.7. The van der Waals surface area contributed by atoms with Gasteiger partial charge in [0.15, 0.2) is 0 Å². The van der Waals surface area contributed by atoms with E-state index in [4.69, 9.17) is 4.42 Å². The molecule has 0 radical (unpaired) electrons. The lowest BCUT2D eigenvalue weighted by molar-refractivity contribution is 0.669. The zero-order valence-electron chi connectivity index (χ0n) is 26.0.